The third-order valence-corrected chi connectivity index (χ3v) is 12.4. The fraction of sp³-hybridized carbons (Fsp3) is 0.639. The zero-order chi connectivity index (χ0) is 32.7. The van der Waals surface area contributed by atoms with Gasteiger partial charge in [0.25, 0.3) is 0 Å². The lowest BCUT2D eigenvalue weighted by Crippen LogP contribution is -2.56. The highest BCUT2D eigenvalue weighted by Crippen LogP contribution is 2.71. The highest BCUT2D eigenvalue weighted by atomic mass is 32.2. The molecule has 1 aromatic carbocycles. The van der Waals surface area contributed by atoms with Gasteiger partial charge < -0.3 is 24.5 Å². The molecular formula is C36H52N4O5S. The summed E-state index contributed by atoms with van der Waals surface area (Å²) in [5.41, 5.74) is 1.03. The van der Waals surface area contributed by atoms with E-state index in [9.17, 15) is 19.5 Å². The average Bonchev–Trinajstić information content (AvgIpc) is 3.63. The Morgan fingerprint density at radius 3 is 2.39 bits per heavy atom. The van der Waals surface area contributed by atoms with Crippen molar-refractivity contribution in [3.8, 4) is 0 Å². The minimum absolute atomic E-state index is 0.0232. The Hall–Kier alpha value is -2.66. The second-order valence-corrected chi connectivity index (χ2v) is 15.3. The van der Waals surface area contributed by atoms with E-state index in [2.05, 4.69) is 25.0 Å². The van der Waals surface area contributed by atoms with Crippen molar-refractivity contribution in [2.45, 2.75) is 67.5 Å². The second kappa shape index (κ2) is 15.5. The van der Waals surface area contributed by atoms with Gasteiger partial charge in [0.1, 0.15) is 6.04 Å². The zero-order valence-corrected chi connectivity index (χ0v) is 28.3. The van der Waals surface area contributed by atoms with Gasteiger partial charge in [0, 0.05) is 63.7 Å². The van der Waals surface area contributed by atoms with Crippen LogP contribution in [-0.2, 0) is 25.7 Å². The van der Waals surface area contributed by atoms with Crippen LogP contribution in [0.25, 0.3) is 0 Å². The molecule has 5 rings (SSSR count). The average molecular weight is 653 g/mol. The largest absolute Gasteiger partial charge is 0.396 e. The molecule has 5 atom stereocenters. The van der Waals surface area contributed by atoms with Crippen molar-refractivity contribution >= 4 is 29.5 Å². The Kier molecular flexibility index (Phi) is 11.7. The van der Waals surface area contributed by atoms with Gasteiger partial charge in [-0.2, -0.15) is 0 Å². The van der Waals surface area contributed by atoms with Gasteiger partial charge in [0.15, 0.2) is 0 Å². The number of thioether (sulfide) groups is 1. The first-order valence-electron chi connectivity index (χ1n) is 17.0. The molecule has 0 radical (unpaired) electrons. The minimum Gasteiger partial charge on any atom is -0.396 e. The van der Waals surface area contributed by atoms with Crippen LogP contribution in [0.3, 0.4) is 0 Å². The van der Waals surface area contributed by atoms with Crippen molar-refractivity contribution in [2.75, 3.05) is 65.6 Å². The number of carbonyl (C=O) groups is 3. The fourth-order valence-electron chi connectivity index (χ4n) is 8.17. The summed E-state index contributed by atoms with van der Waals surface area (Å²) in [6.07, 6.45) is 8.26. The molecule has 0 aromatic heterocycles. The van der Waals surface area contributed by atoms with E-state index in [0.29, 0.717) is 45.9 Å². The van der Waals surface area contributed by atoms with E-state index in [1.807, 2.05) is 45.0 Å². The van der Waals surface area contributed by atoms with Crippen LogP contribution in [0, 0.1) is 11.8 Å². The third kappa shape index (κ3) is 6.96. The fourth-order valence-corrected chi connectivity index (χ4v) is 10.5. The maximum atomic E-state index is 14.8. The monoisotopic (exact) mass is 652 g/mol. The molecule has 3 amide bonds. The maximum Gasteiger partial charge on any atom is 0.247 e. The first kappa shape index (κ1) is 34.7. The van der Waals surface area contributed by atoms with Gasteiger partial charge in [0.2, 0.25) is 17.7 Å². The molecule has 2 bridgehead atoms. The maximum absolute atomic E-state index is 14.8. The van der Waals surface area contributed by atoms with Crippen molar-refractivity contribution in [3.05, 3.63) is 61.2 Å². The molecule has 4 aliphatic rings. The molecule has 1 spiro atoms. The van der Waals surface area contributed by atoms with Crippen molar-refractivity contribution in [1.29, 1.82) is 0 Å². The number of morpholine rings is 1. The van der Waals surface area contributed by atoms with Gasteiger partial charge in [-0.25, -0.2) is 0 Å². The van der Waals surface area contributed by atoms with E-state index in [-0.39, 0.29) is 24.3 Å². The molecule has 10 heteroatoms. The summed E-state index contributed by atoms with van der Waals surface area (Å²) in [6, 6.07) is 9.31. The van der Waals surface area contributed by atoms with E-state index in [0.717, 1.165) is 63.7 Å². The highest BCUT2D eigenvalue weighted by molar-refractivity contribution is 8.02. The number of hydrogen-bond acceptors (Lipinski definition) is 7. The van der Waals surface area contributed by atoms with Gasteiger partial charge >= 0.3 is 0 Å². The summed E-state index contributed by atoms with van der Waals surface area (Å²) in [4.78, 5) is 51.9. The van der Waals surface area contributed by atoms with Gasteiger partial charge in [0.05, 0.1) is 29.8 Å². The number of likely N-dealkylation sites (tertiary alicyclic amines) is 1. The highest BCUT2D eigenvalue weighted by Gasteiger charge is 2.77. The van der Waals surface area contributed by atoms with Crippen molar-refractivity contribution in [1.82, 2.24) is 19.6 Å². The van der Waals surface area contributed by atoms with E-state index >= 15 is 0 Å². The van der Waals surface area contributed by atoms with Gasteiger partial charge in [-0.05, 0) is 38.2 Å². The van der Waals surface area contributed by atoms with Crippen molar-refractivity contribution < 1.29 is 24.2 Å². The normalized spacial score (nSPS) is 28.7. The van der Waals surface area contributed by atoms with E-state index in [1.165, 1.54) is 0 Å². The number of fused-ring (bicyclic) bond motifs is 1. The number of benzene rings is 1. The van der Waals surface area contributed by atoms with Crippen LogP contribution in [0.15, 0.2) is 55.6 Å². The number of unbranched alkanes of at least 4 members (excludes halogenated alkanes) is 3. The van der Waals surface area contributed by atoms with Gasteiger partial charge in [-0.3, -0.25) is 19.3 Å². The lowest BCUT2D eigenvalue weighted by atomic mass is 9.66. The number of aliphatic hydroxyl groups excluding tert-OH is 1. The Morgan fingerprint density at radius 2 is 1.70 bits per heavy atom. The Morgan fingerprint density at radius 1 is 1.00 bits per heavy atom. The van der Waals surface area contributed by atoms with Gasteiger partial charge in [-0.15, -0.1) is 24.9 Å². The molecule has 252 valence electrons. The van der Waals surface area contributed by atoms with Crippen LogP contribution < -0.4 is 0 Å². The predicted octanol–water partition coefficient (Wildman–Crippen LogP) is 3.58. The molecule has 4 saturated heterocycles. The molecule has 9 nitrogen and oxygen atoms in total. The SMILES string of the molecule is C=CCN(CCN1CCOCC1)C(=O)C1N(CCCCCCO)C(=O)[C@@H]2[C@@H](C(=O)N(CC=C)Cc3ccccc3)[C@@]3(C)CCC12S3. The quantitative estimate of drug-likeness (QED) is 0.203. The van der Waals surface area contributed by atoms with E-state index in [1.54, 1.807) is 23.9 Å². The first-order chi connectivity index (χ1) is 22.3. The number of amides is 3. The lowest BCUT2D eigenvalue weighted by molar-refractivity contribution is -0.146. The summed E-state index contributed by atoms with van der Waals surface area (Å²) < 4.78 is 4.43. The molecule has 46 heavy (non-hydrogen) atoms. The number of rotatable bonds is 17. The van der Waals surface area contributed by atoms with Gasteiger partial charge in [-0.1, -0.05) is 55.3 Å². The summed E-state index contributed by atoms with van der Waals surface area (Å²) >= 11 is 1.73. The first-order valence-corrected chi connectivity index (χ1v) is 17.9. The third-order valence-electron chi connectivity index (χ3n) is 10.4. The molecule has 4 heterocycles. The summed E-state index contributed by atoms with van der Waals surface area (Å²) in [7, 11) is 0. The van der Waals surface area contributed by atoms with Crippen LogP contribution in [0.5, 0.6) is 0 Å². The predicted molar refractivity (Wildman–Crippen MR) is 182 cm³/mol. The van der Waals surface area contributed by atoms with Crippen LogP contribution in [-0.4, -0.2) is 124 Å². The molecule has 0 aliphatic carbocycles. The second-order valence-electron chi connectivity index (χ2n) is 13.4. The number of carbonyl (C=O) groups excluding carboxylic acids is 3. The molecule has 2 unspecified atom stereocenters. The number of nitrogens with zero attached hydrogens (tertiary/aromatic N) is 4. The molecule has 4 fully saturated rings. The number of aliphatic hydroxyl groups is 1. The summed E-state index contributed by atoms with van der Waals surface area (Å²) in [5.74, 6) is -1.18. The van der Waals surface area contributed by atoms with Crippen molar-refractivity contribution in [3.63, 3.8) is 0 Å². The molecule has 4 aliphatic heterocycles. The Labute approximate surface area is 279 Å². The Balaban J connectivity index is 1.45. The summed E-state index contributed by atoms with van der Waals surface area (Å²) in [5, 5.41) is 9.27. The standard InChI is InChI=1S/C36H52N4O5S/c1-4-17-38(21-20-37-22-25-45-26-23-37)34(44)31-36-16-15-35(3,46-36)29(30(36)33(43)40(31)19-11-6-7-12-24-41)32(42)39(18-5-2)27-28-13-9-8-10-14-28/h4-5,8-10,13-14,29-31,41H,1-2,6-7,11-12,15-27H2,3H3/t29-,30-,31?,35+,36?/m0/s1. The van der Waals surface area contributed by atoms with E-state index in [4.69, 9.17) is 4.74 Å². The van der Waals surface area contributed by atoms with Crippen molar-refractivity contribution in [2.24, 2.45) is 11.8 Å². The number of ether oxygens (including phenoxy) is 1. The smallest absolute Gasteiger partial charge is 0.247 e. The van der Waals surface area contributed by atoms with Crippen LogP contribution in [0.2, 0.25) is 0 Å². The van der Waals surface area contributed by atoms with Crippen LogP contribution in [0.4, 0.5) is 0 Å². The van der Waals surface area contributed by atoms with E-state index < -0.39 is 27.4 Å². The molecule has 1 aromatic rings. The minimum atomic E-state index is -0.653. The Bertz CT molecular complexity index is 1240. The molecule has 0 saturated carbocycles. The molecular weight excluding hydrogens is 600 g/mol. The van der Waals surface area contributed by atoms with Crippen LogP contribution in [0.1, 0.15) is 51.0 Å². The summed E-state index contributed by atoms with van der Waals surface area (Å²) in [6.45, 7) is 16.2. The molecule has 1 N–H and O–H groups in total. The number of hydrogen-bond donors (Lipinski definition) is 1. The van der Waals surface area contributed by atoms with Crippen LogP contribution >= 0.6 is 11.8 Å². The zero-order valence-electron chi connectivity index (χ0n) is 27.5. The lowest BCUT2D eigenvalue weighted by Gasteiger charge is -2.38. The topological polar surface area (TPSA) is 93.6 Å².